The van der Waals surface area contributed by atoms with Crippen molar-refractivity contribution < 1.29 is 0 Å². The van der Waals surface area contributed by atoms with Crippen LogP contribution in [0.3, 0.4) is 0 Å². The number of hydrogen-bond acceptors (Lipinski definition) is 3. The Bertz CT molecular complexity index is 420. The van der Waals surface area contributed by atoms with Crippen LogP contribution < -0.4 is 4.90 Å². The van der Waals surface area contributed by atoms with Crippen molar-refractivity contribution in [2.45, 2.75) is 18.9 Å². The lowest BCUT2D eigenvalue weighted by atomic mass is 10.0. The molecule has 0 amide bonds. The highest BCUT2D eigenvalue weighted by Crippen LogP contribution is 2.22. The van der Waals surface area contributed by atoms with Gasteiger partial charge in [0.1, 0.15) is 0 Å². The SMILES string of the molecule is CN(C)C1CCCN(c2cccc(C#N)c2)C1. The Morgan fingerprint density at radius 2 is 2.24 bits per heavy atom. The van der Waals surface area contributed by atoms with E-state index in [4.69, 9.17) is 5.26 Å². The van der Waals surface area contributed by atoms with Gasteiger partial charge in [0.05, 0.1) is 11.6 Å². The first kappa shape index (κ1) is 11.9. The second-order valence-electron chi connectivity index (χ2n) is 4.87. The van der Waals surface area contributed by atoms with Gasteiger partial charge < -0.3 is 9.80 Å². The third kappa shape index (κ3) is 2.78. The van der Waals surface area contributed by atoms with Crippen LogP contribution in [0.25, 0.3) is 0 Å². The fourth-order valence-electron chi connectivity index (χ4n) is 2.38. The molecule has 0 aromatic heterocycles. The first-order valence-electron chi connectivity index (χ1n) is 6.12. The molecule has 1 atom stereocenters. The molecule has 90 valence electrons. The molecule has 0 N–H and O–H groups in total. The number of nitrogens with zero attached hydrogens (tertiary/aromatic N) is 3. The Morgan fingerprint density at radius 1 is 1.41 bits per heavy atom. The van der Waals surface area contributed by atoms with Gasteiger partial charge in [-0.1, -0.05) is 6.07 Å². The van der Waals surface area contributed by atoms with Crippen LogP contribution in [0.4, 0.5) is 5.69 Å². The third-order valence-electron chi connectivity index (χ3n) is 3.47. The van der Waals surface area contributed by atoms with Gasteiger partial charge in [0.15, 0.2) is 0 Å². The molecule has 0 spiro atoms. The molecule has 3 nitrogen and oxygen atoms in total. The smallest absolute Gasteiger partial charge is 0.0992 e. The van der Waals surface area contributed by atoms with E-state index in [0.717, 1.165) is 18.7 Å². The number of benzene rings is 1. The third-order valence-corrected chi connectivity index (χ3v) is 3.47. The molecular weight excluding hydrogens is 210 g/mol. The number of likely N-dealkylation sites (N-methyl/N-ethyl adjacent to an activating group) is 1. The first-order valence-corrected chi connectivity index (χ1v) is 6.12. The highest BCUT2D eigenvalue weighted by molar-refractivity contribution is 5.51. The molecule has 1 fully saturated rings. The zero-order chi connectivity index (χ0) is 12.3. The average Bonchev–Trinajstić information content (AvgIpc) is 2.39. The van der Waals surface area contributed by atoms with E-state index in [2.05, 4.69) is 36.0 Å². The van der Waals surface area contributed by atoms with E-state index in [1.807, 2.05) is 18.2 Å². The van der Waals surface area contributed by atoms with E-state index in [0.29, 0.717) is 6.04 Å². The predicted octanol–water partition coefficient (Wildman–Crippen LogP) is 2.09. The van der Waals surface area contributed by atoms with Crippen molar-refractivity contribution in [3.05, 3.63) is 29.8 Å². The zero-order valence-electron chi connectivity index (χ0n) is 10.6. The predicted molar refractivity (Wildman–Crippen MR) is 70.1 cm³/mol. The highest BCUT2D eigenvalue weighted by Gasteiger charge is 2.21. The number of anilines is 1. The summed E-state index contributed by atoms with van der Waals surface area (Å²) in [5, 5.41) is 8.92. The van der Waals surface area contributed by atoms with Crippen LogP contribution in [0.1, 0.15) is 18.4 Å². The maximum Gasteiger partial charge on any atom is 0.0992 e. The normalized spacial score (nSPS) is 20.4. The second-order valence-corrected chi connectivity index (χ2v) is 4.87. The minimum atomic E-state index is 0.620. The van der Waals surface area contributed by atoms with E-state index in [1.165, 1.54) is 18.5 Å². The summed E-state index contributed by atoms with van der Waals surface area (Å²) in [5.74, 6) is 0. The fourth-order valence-corrected chi connectivity index (χ4v) is 2.38. The summed E-state index contributed by atoms with van der Waals surface area (Å²) >= 11 is 0. The maximum atomic E-state index is 8.92. The summed E-state index contributed by atoms with van der Waals surface area (Å²) in [6.07, 6.45) is 2.49. The number of piperidine rings is 1. The van der Waals surface area contributed by atoms with Crippen molar-refractivity contribution in [1.29, 1.82) is 5.26 Å². The molecule has 17 heavy (non-hydrogen) atoms. The number of rotatable bonds is 2. The molecular formula is C14H19N3. The largest absolute Gasteiger partial charge is 0.370 e. The standard InChI is InChI=1S/C14H19N3/c1-16(2)14-7-4-8-17(11-14)13-6-3-5-12(9-13)10-15/h3,5-6,9,14H,4,7-8,11H2,1-2H3. The maximum absolute atomic E-state index is 8.92. The summed E-state index contributed by atoms with van der Waals surface area (Å²) in [5.41, 5.74) is 1.92. The van der Waals surface area contributed by atoms with Gasteiger partial charge in [0.25, 0.3) is 0 Å². The molecule has 3 heteroatoms. The van der Waals surface area contributed by atoms with E-state index in [1.54, 1.807) is 0 Å². The van der Waals surface area contributed by atoms with Crippen LogP contribution in [0.5, 0.6) is 0 Å². The van der Waals surface area contributed by atoms with Crippen LogP contribution in [-0.2, 0) is 0 Å². The minimum Gasteiger partial charge on any atom is -0.370 e. The summed E-state index contributed by atoms with van der Waals surface area (Å²) in [6, 6.07) is 10.7. The molecule has 2 rings (SSSR count). The Kier molecular flexibility index (Phi) is 3.65. The lowest BCUT2D eigenvalue weighted by molar-refractivity contribution is 0.258. The summed E-state index contributed by atoms with van der Waals surface area (Å²) < 4.78 is 0. The van der Waals surface area contributed by atoms with Crippen LogP contribution in [0, 0.1) is 11.3 Å². The first-order chi connectivity index (χ1) is 8.20. The monoisotopic (exact) mass is 229 g/mol. The van der Waals surface area contributed by atoms with E-state index >= 15 is 0 Å². The van der Waals surface area contributed by atoms with Gasteiger partial charge in [0, 0.05) is 24.8 Å². The Morgan fingerprint density at radius 3 is 2.94 bits per heavy atom. The van der Waals surface area contributed by atoms with Crippen molar-refractivity contribution >= 4 is 5.69 Å². The van der Waals surface area contributed by atoms with Gasteiger partial charge in [-0.05, 0) is 45.1 Å². The van der Waals surface area contributed by atoms with Crippen LogP contribution in [0.2, 0.25) is 0 Å². The Hall–Kier alpha value is -1.53. The molecule has 0 aliphatic carbocycles. The van der Waals surface area contributed by atoms with Gasteiger partial charge in [-0.25, -0.2) is 0 Å². The summed E-state index contributed by atoms with van der Waals surface area (Å²) in [6.45, 7) is 2.15. The molecule has 1 unspecified atom stereocenters. The zero-order valence-corrected chi connectivity index (χ0v) is 10.6. The van der Waals surface area contributed by atoms with E-state index < -0.39 is 0 Å². The van der Waals surface area contributed by atoms with Crippen molar-refractivity contribution in [3.8, 4) is 6.07 Å². The molecule has 1 heterocycles. The van der Waals surface area contributed by atoms with Crippen molar-refractivity contribution in [2.75, 3.05) is 32.1 Å². The molecule has 0 bridgehead atoms. The molecule has 1 aromatic rings. The Labute approximate surface area is 103 Å². The average molecular weight is 229 g/mol. The molecule has 1 aliphatic rings. The van der Waals surface area contributed by atoms with Crippen molar-refractivity contribution in [2.24, 2.45) is 0 Å². The van der Waals surface area contributed by atoms with Crippen LogP contribution >= 0.6 is 0 Å². The summed E-state index contributed by atoms with van der Waals surface area (Å²) in [4.78, 5) is 4.68. The summed E-state index contributed by atoms with van der Waals surface area (Å²) in [7, 11) is 4.28. The van der Waals surface area contributed by atoms with Crippen LogP contribution in [-0.4, -0.2) is 38.1 Å². The van der Waals surface area contributed by atoms with E-state index in [9.17, 15) is 0 Å². The second kappa shape index (κ2) is 5.20. The Balaban J connectivity index is 2.13. The van der Waals surface area contributed by atoms with Crippen molar-refractivity contribution in [1.82, 2.24) is 4.90 Å². The molecule has 0 radical (unpaired) electrons. The van der Waals surface area contributed by atoms with E-state index in [-0.39, 0.29) is 0 Å². The van der Waals surface area contributed by atoms with Crippen LogP contribution in [0.15, 0.2) is 24.3 Å². The number of hydrogen-bond donors (Lipinski definition) is 0. The van der Waals surface area contributed by atoms with Gasteiger partial charge >= 0.3 is 0 Å². The fraction of sp³-hybridized carbons (Fsp3) is 0.500. The van der Waals surface area contributed by atoms with Gasteiger partial charge in [-0.15, -0.1) is 0 Å². The topological polar surface area (TPSA) is 30.3 Å². The molecule has 1 aromatic carbocycles. The quantitative estimate of drug-likeness (QED) is 0.778. The molecule has 1 aliphatic heterocycles. The molecule has 1 saturated heterocycles. The minimum absolute atomic E-state index is 0.620. The van der Waals surface area contributed by atoms with Gasteiger partial charge in [-0.2, -0.15) is 5.26 Å². The lowest BCUT2D eigenvalue weighted by Gasteiger charge is -2.37. The highest BCUT2D eigenvalue weighted by atomic mass is 15.2. The van der Waals surface area contributed by atoms with Gasteiger partial charge in [-0.3, -0.25) is 0 Å². The lowest BCUT2D eigenvalue weighted by Crippen LogP contribution is -2.45. The van der Waals surface area contributed by atoms with Crippen molar-refractivity contribution in [3.63, 3.8) is 0 Å². The van der Waals surface area contributed by atoms with Gasteiger partial charge in [0.2, 0.25) is 0 Å². The number of nitriles is 1. The molecule has 0 saturated carbocycles.